The smallest absolute Gasteiger partial charge is 0.340 e. The van der Waals surface area contributed by atoms with Crippen LogP contribution in [-0.2, 0) is 19.6 Å². The SMILES string of the molecule is O=C(COC(=O)c1ccccc1NS(=O)(=O)c1cccs1)Nc1nc(-c2ccc(-c3ccccc3)cc2)cs1. The van der Waals surface area contributed by atoms with Gasteiger partial charge in [-0.1, -0.05) is 72.8 Å². The second-order valence-electron chi connectivity index (χ2n) is 8.19. The van der Waals surface area contributed by atoms with Crippen molar-refractivity contribution in [2.75, 3.05) is 16.6 Å². The minimum Gasteiger partial charge on any atom is -0.452 e. The second kappa shape index (κ2) is 11.6. The van der Waals surface area contributed by atoms with Gasteiger partial charge in [0, 0.05) is 10.9 Å². The summed E-state index contributed by atoms with van der Waals surface area (Å²) >= 11 is 2.31. The Labute approximate surface area is 233 Å². The highest BCUT2D eigenvalue weighted by atomic mass is 32.2. The van der Waals surface area contributed by atoms with Crippen LogP contribution in [0.4, 0.5) is 10.8 Å². The highest BCUT2D eigenvalue weighted by molar-refractivity contribution is 7.94. The predicted molar refractivity (Wildman–Crippen MR) is 153 cm³/mol. The van der Waals surface area contributed by atoms with Crippen molar-refractivity contribution in [1.82, 2.24) is 4.98 Å². The molecule has 0 saturated heterocycles. The molecule has 39 heavy (non-hydrogen) atoms. The van der Waals surface area contributed by atoms with E-state index in [2.05, 4.69) is 15.0 Å². The minimum absolute atomic E-state index is 0.0130. The lowest BCUT2D eigenvalue weighted by Crippen LogP contribution is -2.22. The zero-order valence-corrected chi connectivity index (χ0v) is 22.7. The predicted octanol–water partition coefficient (Wildman–Crippen LogP) is 6.13. The third-order valence-electron chi connectivity index (χ3n) is 5.52. The molecule has 0 radical (unpaired) electrons. The summed E-state index contributed by atoms with van der Waals surface area (Å²) in [4.78, 5) is 29.6. The van der Waals surface area contributed by atoms with E-state index in [4.69, 9.17) is 4.74 Å². The Hall–Kier alpha value is -4.32. The molecule has 5 aromatic rings. The van der Waals surface area contributed by atoms with Crippen molar-refractivity contribution in [3.8, 4) is 22.4 Å². The topological polar surface area (TPSA) is 114 Å². The molecule has 2 heterocycles. The maximum absolute atomic E-state index is 12.7. The summed E-state index contributed by atoms with van der Waals surface area (Å²) in [6, 6.07) is 27.1. The lowest BCUT2D eigenvalue weighted by atomic mass is 10.0. The summed E-state index contributed by atoms with van der Waals surface area (Å²) < 4.78 is 32.8. The van der Waals surface area contributed by atoms with Gasteiger partial charge in [-0.25, -0.2) is 18.2 Å². The highest BCUT2D eigenvalue weighted by Crippen LogP contribution is 2.28. The molecular weight excluding hydrogens is 555 g/mol. The number of amides is 1. The van der Waals surface area contributed by atoms with E-state index in [1.165, 1.54) is 29.5 Å². The van der Waals surface area contributed by atoms with E-state index < -0.39 is 28.5 Å². The Kier molecular flexibility index (Phi) is 7.82. The van der Waals surface area contributed by atoms with Crippen molar-refractivity contribution in [3.05, 3.63) is 107 Å². The maximum atomic E-state index is 12.7. The molecule has 0 unspecified atom stereocenters. The second-order valence-corrected chi connectivity index (χ2v) is 11.9. The first-order valence-electron chi connectivity index (χ1n) is 11.6. The number of hydrogen-bond donors (Lipinski definition) is 2. The first-order valence-corrected chi connectivity index (χ1v) is 14.9. The number of rotatable bonds is 9. The molecule has 0 aliphatic rings. The van der Waals surface area contributed by atoms with Crippen LogP contribution in [0.5, 0.6) is 0 Å². The number of ether oxygens (including phenoxy) is 1. The van der Waals surface area contributed by atoms with Gasteiger partial charge in [-0.2, -0.15) is 0 Å². The largest absolute Gasteiger partial charge is 0.452 e. The molecule has 196 valence electrons. The summed E-state index contributed by atoms with van der Waals surface area (Å²) in [5.41, 5.74) is 3.86. The number of nitrogens with one attached hydrogen (secondary N) is 2. The number of hydrogen-bond acceptors (Lipinski definition) is 8. The van der Waals surface area contributed by atoms with E-state index in [1.807, 2.05) is 60.0 Å². The monoisotopic (exact) mass is 575 g/mol. The molecule has 11 heteroatoms. The van der Waals surface area contributed by atoms with Crippen LogP contribution >= 0.6 is 22.7 Å². The van der Waals surface area contributed by atoms with Crippen LogP contribution in [0, 0.1) is 0 Å². The highest BCUT2D eigenvalue weighted by Gasteiger charge is 2.21. The van der Waals surface area contributed by atoms with Crippen LogP contribution in [0.2, 0.25) is 0 Å². The number of nitrogens with zero attached hydrogens (tertiary/aromatic N) is 1. The fraction of sp³-hybridized carbons (Fsp3) is 0.0357. The lowest BCUT2D eigenvalue weighted by molar-refractivity contribution is -0.119. The number of para-hydroxylation sites is 1. The van der Waals surface area contributed by atoms with Gasteiger partial charge in [-0.05, 0) is 34.7 Å². The molecule has 0 aliphatic carbocycles. The van der Waals surface area contributed by atoms with Crippen molar-refractivity contribution in [1.29, 1.82) is 0 Å². The molecule has 0 bridgehead atoms. The van der Waals surface area contributed by atoms with Crippen LogP contribution in [0.3, 0.4) is 0 Å². The molecule has 0 spiro atoms. The Morgan fingerprint density at radius 3 is 2.23 bits per heavy atom. The summed E-state index contributed by atoms with van der Waals surface area (Å²) in [6.07, 6.45) is 0. The number of esters is 1. The van der Waals surface area contributed by atoms with Gasteiger partial charge in [0.2, 0.25) is 0 Å². The van der Waals surface area contributed by atoms with Gasteiger partial charge in [0.05, 0.1) is 16.9 Å². The van der Waals surface area contributed by atoms with E-state index in [0.29, 0.717) is 10.8 Å². The summed E-state index contributed by atoms with van der Waals surface area (Å²) in [5, 5.41) is 6.46. The zero-order chi connectivity index (χ0) is 27.2. The first-order chi connectivity index (χ1) is 18.9. The molecule has 5 rings (SSSR count). The Morgan fingerprint density at radius 2 is 1.49 bits per heavy atom. The van der Waals surface area contributed by atoms with Gasteiger partial charge in [-0.15, -0.1) is 22.7 Å². The van der Waals surface area contributed by atoms with Crippen LogP contribution < -0.4 is 10.0 Å². The van der Waals surface area contributed by atoms with Crippen molar-refractivity contribution in [2.45, 2.75) is 4.21 Å². The van der Waals surface area contributed by atoms with Gasteiger partial charge >= 0.3 is 5.97 Å². The maximum Gasteiger partial charge on any atom is 0.340 e. The normalized spacial score (nSPS) is 11.1. The van der Waals surface area contributed by atoms with Gasteiger partial charge in [0.25, 0.3) is 15.9 Å². The number of thiazole rings is 1. The van der Waals surface area contributed by atoms with Crippen molar-refractivity contribution in [3.63, 3.8) is 0 Å². The fourth-order valence-electron chi connectivity index (χ4n) is 3.65. The van der Waals surface area contributed by atoms with E-state index in [0.717, 1.165) is 28.0 Å². The first kappa shape index (κ1) is 26.3. The molecule has 2 N–H and O–H groups in total. The Balaban J connectivity index is 1.18. The van der Waals surface area contributed by atoms with Crippen LogP contribution in [-0.4, -0.2) is 31.9 Å². The molecule has 0 saturated carbocycles. The van der Waals surface area contributed by atoms with Gasteiger partial charge < -0.3 is 4.74 Å². The summed E-state index contributed by atoms with van der Waals surface area (Å²) in [7, 11) is -3.86. The molecule has 3 aromatic carbocycles. The van der Waals surface area contributed by atoms with Gasteiger partial charge in [0.15, 0.2) is 11.7 Å². The Bertz CT molecular complexity index is 1700. The molecule has 0 atom stereocenters. The molecule has 0 aliphatic heterocycles. The van der Waals surface area contributed by atoms with Crippen molar-refractivity contribution in [2.24, 2.45) is 0 Å². The molecule has 8 nitrogen and oxygen atoms in total. The van der Waals surface area contributed by atoms with E-state index >= 15 is 0 Å². The third kappa shape index (κ3) is 6.40. The van der Waals surface area contributed by atoms with Crippen LogP contribution in [0.15, 0.2) is 106 Å². The fourth-order valence-corrected chi connectivity index (χ4v) is 6.46. The molecule has 1 amide bonds. The van der Waals surface area contributed by atoms with Crippen LogP contribution in [0.1, 0.15) is 10.4 Å². The average molecular weight is 576 g/mol. The number of aromatic nitrogens is 1. The quantitative estimate of drug-likeness (QED) is 0.204. The zero-order valence-electron chi connectivity index (χ0n) is 20.2. The molecular formula is C28H21N3O5S3. The van der Waals surface area contributed by atoms with Gasteiger partial charge in [0.1, 0.15) is 4.21 Å². The minimum atomic E-state index is -3.86. The number of carbonyl (C=O) groups is 2. The third-order valence-corrected chi connectivity index (χ3v) is 9.04. The number of anilines is 2. The van der Waals surface area contributed by atoms with Crippen molar-refractivity contribution < 1.29 is 22.7 Å². The van der Waals surface area contributed by atoms with Crippen molar-refractivity contribution >= 4 is 55.4 Å². The van der Waals surface area contributed by atoms with E-state index in [9.17, 15) is 18.0 Å². The molecule has 0 fully saturated rings. The number of carbonyl (C=O) groups excluding carboxylic acids is 2. The standard InChI is InChI=1S/C28H21N3O5S3/c32-25(17-36-27(33)22-9-4-5-10-23(22)31-39(34,35)26-11-6-16-37-26)30-28-29-24(18-38-28)21-14-12-20(13-15-21)19-7-2-1-3-8-19/h1-16,18,31H,17H2,(H,29,30,32). The van der Waals surface area contributed by atoms with Gasteiger partial charge in [-0.3, -0.25) is 14.8 Å². The summed E-state index contributed by atoms with van der Waals surface area (Å²) in [6.45, 7) is -0.564. The molecule has 2 aromatic heterocycles. The van der Waals surface area contributed by atoms with E-state index in [1.54, 1.807) is 23.6 Å². The van der Waals surface area contributed by atoms with E-state index in [-0.39, 0.29) is 15.5 Å². The Morgan fingerprint density at radius 1 is 0.795 bits per heavy atom. The summed E-state index contributed by atoms with van der Waals surface area (Å²) in [5.74, 6) is -1.41. The number of sulfonamides is 1. The van der Waals surface area contributed by atoms with Crippen LogP contribution in [0.25, 0.3) is 22.4 Å². The lowest BCUT2D eigenvalue weighted by Gasteiger charge is -2.11. The number of thiophene rings is 1. The number of benzene rings is 3. The average Bonchev–Trinajstić information content (AvgIpc) is 3.66.